The Hall–Kier alpha value is -3.52. The number of benzene rings is 3. The highest BCUT2D eigenvalue weighted by Crippen LogP contribution is 2.21. The minimum Gasteiger partial charge on any atom is -0.396 e. The minimum atomic E-state index is -0.842. The second-order valence-corrected chi connectivity index (χ2v) is 11.6. The van der Waals surface area contributed by atoms with Crippen LogP contribution in [-0.4, -0.2) is 76.3 Å². The summed E-state index contributed by atoms with van der Waals surface area (Å²) in [7, 11) is 3.34. The monoisotopic (exact) mass is 559 g/mol. The maximum Gasteiger partial charge on any atom is 0.246 e. The van der Waals surface area contributed by atoms with Crippen LogP contribution in [0.5, 0.6) is 0 Å². The molecule has 0 heterocycles. The molecule has 0 saturated carbocycles. The fourth-order valence-electron chi connectivity index (χ4n) is 4.99. The van der Waals surface area contributed by atoms with Crippen molar-refractivity contribution >= 4 is 22.6 Å². The van der Waals surface area contributed by atoms with Crippen molar-refractivity contribution in [2.75, 3.05) is 20.7 Å². The first-order valence-electron chi connectivity index (χ1n) is 14.3. The van der Waals surface area contributed by atoms with Crippen molar-refractivity contribution in [2.45, 2.75) is 69.7 Å². The number of aliphatic hydroxyl groups excluding tert-OH is 2. The van der Waals surface area contributed by atoms with Gasteiger partial charge in [0.2, 0.25) is 11.8 Å². The summed E-state index contributed by atoms with van der Waals surface area (Å²) in [6.07, 6.45) is 4.45. The third-order valence-electron chi connectivity index (χ3n) is 7.48. The van der Waals surface area contributed by atoms with Crippen LogP contribution < -0.4 is 5.73 Å². The molecule has 0 radical (unpaired) electrons. The van der Waals surface area contributed by atoms with Crippen molar-refractivity contribution in [1.82, 2.24) is 9.80 Å². The predicted octanol–water partition coefficient (Wildman–Crippen LogP) is 4.10. The summed E-state index contributed by atoms with van der Waals surface area (Å²) in [4.78, 5) is 30.6. The summed E-state index contributed by atoms with van der Waals surface area (Å²) >= 11 is 0. The van der Waals surface area contributed by atoms with Gasteiger partial charge >= 0.3 is 0 Å². The smallest absolute Gasteiger partial charge is 0.246 e. The maximum absolute atomic E-state index is 14.2. The number of fused-ring (bicyclic) bond motifs is 1. The summed E-state index contributed by atoms with van der Waals surface area (Å²) in [5.41, 5.74) is 7.55. The Morgan fingerprint density at radius 1 is 0.902 bits per heavy atom. The fraction of sp³-hybridized carbons (Fsp3) is 0.412. The van der Waals surface area contributed by atoms with Gasteiger partial charge in [-0.25, -0.2) is 0 Å². The van der Waals surface area contributed by atoms with E-state index in [4.69, 9.17) is 5.73 Å². The summed E-state index contributed by atoms with van der Waals surface area (Å²) in [5.74, 6) is -0.548. The summed E-state index contributed by atoms with van der Waals surface area (Å²) < 4.78 is 0. The quantitative estimate of drug-likeness (QED) is 0.258. The second kappa shape index (κ2) is 14.9. The van der Waals surface area contributed by atoms with Crippen LogP contribution in [-0.2, 0) is 22.4 Å². The molecule has 0 aliphatic carbocycles. The number of likely N-dealkylation sites (N-methyl/N-ethyl adjacent to an activating group) is 2. The van der Waals surface area contributed by atoms with E-state index < -0.39 is 23.7 Å². The first kappa shape index (κ1) is 32.0. The van der Waals surface area contributed by atoms with E-state index in [1.165, 1.54) is 11.0 Å². The van der Waals surface area contributed by atoms with Gasteiger partial charge in [-0.15, -0.1) is 0 Å². The normalized spacial score (nSPS) is 14.1. The highest BCUT2D eigenvalue weighted by Gasteiger charge is 2.34. The van der Waals surface area contributed by atoms with E-state index in [1.54, 1.807) is 25.1 Å². The molecule has 41 heavy (non-hydrogen) atoms. The van der Waals surface area contributed by atoms with E-state index in [2.05, 4.69) is 6.07 Å². The molecule has 220 valence electrons. The number of hydrogen-bond donors (Lipinski definition) is 3. The largest absolute Gasteiger partial charge is 0.396 e. The molecule has 3 aromatic rings. The minimum absolute atomic E-state index is 0.0411. The first-order valence-corrected chi connectivity index (χ1v) is 14.3. The zero-order valence-corrected chi connectivity index (χ0v) is 24.7. The van der Waals surface area contributed by atoms with Crippen LogP contribution >= 0.6 is 0 Å². The number of nitrogens with two attached hydrogens (primary N) is 1. The molecule has 4 N–H and O–H groups in total. The molecule has 1 unspecified atom stereocenters. The highest BCUT2D eigenvalue weighted by atomic mass is 16.3. The SMILES string of the molecule is CN(C(=O)C=CCC(C)(C)N)[C@H](Cc1ccc2ccccc2c1)C(=O)N(C)[C@H](Cc1ccccc1)C(O)CCCO. The van der Waals surface area contributed by atoms with Crippen LogP contribution in [0.4, 0.5) is 0 Å². The highest BCUT2D eigenvalue weighted by molar-refractivity contribution is 5.93. The summed E-state index contributed by atoms with van der Waals surface area (Å²) in [6.45, 7) is 3.74. The van der Waals surface area contributed by atoms with Gasteiger partial charge in [-0.05, 0) is 67.5 Å². The third kappa shape index (κ3) is 9.52. The lowest BCUT2D eigenvalue weighted by molar-refractivity contribution is -0.144. The van der Waals surface area contributed by atoms with Crippen molar-refractivity contribution in [3.05, 3.63) is 96.1 Å². The van der Waals surface area contributed by atoms with Crippen molar-refractivity contribution in [3.8, 4) is 0 Å². The van der Waals surface area contributed by atoms with Gasteiger partial charge in [-0.2, -0.15) is 0 Å². The van der Waals surface area contributed by atoms with E-state index in [-0.39, 0.29) is 18.4 Å². The zero-order valence-electron chi connectivity index (χ0n) is 24.7. The second-order valence-electron chi connectivity index (χ2n) is 11.6. The molecule has 0 aromatic heterocycles. The molecule has 0 aliphatic rings. The average Bonchev–Trinajstić information content (AvgIpc) is 2.96. The average molecular weight is 560 g/mol. The molecule has 0 fully saturated rings. The number of rotatable bonds is 14. The lowest BCUT2D eigenvalue weighted by Crippen LogP contribution is -2.54. The van der Waals surface area contributed by atoms with E-state index in [1.807, 2.05) is 80.6 Å². The van der Waals surface area contributed by atoms with Gasteiger partial charge in [0.1, 0.15) is 6.04 Å². The van der Waals surface area contributed by atoms with E-state index >= 15 is 0 Å². The Morgan fingerprint density at radius 2 is 1.56 bits per heavy atom. The number of amides is 2. The molecule has 0 spiro atoms. The van der Waals surface area contributed by atoms with Crippen LogP contribution in [0, 0.1) is 0 Å². The Kier molecular flexibility index (Phi) is 11.6. The van der Waals surface area contributed by atoms with E-state index in [9.17, 15) is 19.8 Å². The van der Waals surface area contributed by atoms with Gasteiger partial charge in [0.15, 0.2) is 0 Å². The van der Waals surface area contributed by atoms with E-state index in [0.717, 1.165) is 21.9 Å². The van der Waals surface area contributed by atoms with Crippen molar-refractivity contribution in [2.24, 2.45) is 5.73 Å². The Balaban J connectivity index is 1.94. The number of aliphatic hydroxyl groups is 2. The van der Waals surface area contributed by atoms with Gasteiger partial charge in [0, 0.05) is 32.7 Å². The molecule has 0 bridgehead atoms. The van der Waals surface area contributed by atoms with Crippen LogP contribution in [0.2, 0.25) is 0 Å². The summed E-state index contributed by atoms with van der Waals surface area (Å²) in [6, 6.07) is 22.5. The molecule has 3 atom stereocenters. The van der Waals surface area contributed by atoms with Gasteiger partial charge < -0.3 is 25.7 Å². The Bertz CT molecular complexity index is 1300. The maximum atomic E-state index is 14.2. The van der Waals surface area contributed by atoms with Crippen molar-refractivity contribution < 1.29 is 19.8 Å². The Labute approximate surface area is 244 Å². The molecule has 3 aromatic carbocycles. The number of nitrogens with zero attached hydrogens (tertiary/aromatic N) is 2. The standard InChI is InChI=1S/C34H45N3O4/c1-34(2,35)20-10-17-32(40)36(3)30(24-26-18-19-27-14-8-9-15-28(27)22-26)33(41)37(4)29(31(39)16-11-21-38)23-25-12-6-5-7-13-25/h5-10,12-15,17-19,22,29-31,38-39H,11,16,20-21,23-24,35H2,1-4H3/t29-,30-,31?/m1/s1. The van der Waals surface area contributed by atoms with Crippen molar-refractivity contribution in [1.29, 1.82) is 0 Å². The van der Waals surface area contributed by atoms with Crippen molar-refractivity contribution in [3.63, 3.8) is 0 Å². The number of hydrogen-bond acceptors (Lipinski definition) is 5. The lowest BCUT2D eigenvalue weighted by atomic mass is 9.95. The number of carbonyl (C=O) groups is 2. The third-order valence-corrected chi connectivity index (χ3v) is 7.48. The van der Waals surface area contributed by atoms with Gasteiger partial charge in [0.25, 0.3) is 0 Å². The predicted molar refractivity (Wildman–Crippen MR) is 165 cm³/mol. The molecule has 0 aliphatic heterocycles. The molecular weight excluding hydrogens is 514 g/mol. The van der Waals surface area contributed by atoms with E-state index in [0.29, 0.717) is 32.1 Å². The molecule has 3 rings (SSSR count). The molecule has 7 nitrogen and oxygen atoms in total. The fourth-order valence-corrected chi connectivity index (χ4v) is 4.99. The molecule has 7 heteroatoms. The van der Waals surface area contributed by atoms with Crippen LogP contribution in [0.25, 0.3) is 10.8 Å². The lowest BCUT2D eigenvalue weighted by Gasteiger charge is -2.37. The van der Waals surface area contributed by atoms with Crippen LogP contribution in [0.1, 0.15) is 44.2 Å². The molecule has 2 amide bonds. The first-order chi connectivity index (χ1) is 19.5. The zero-order chi connectivity index (χ0) is 30.0. The number of carbonyl (C=O) groups excluding carboxylic acids is 2. The van der Waals surface area contributed by atoms with Gasteiger partial charge in [-0.3, -0.25) is 9.59 Å². The molecule has 0 saturated heterocycles. The Morgan fingerprint density at radius 3 is 2.22 bits per heavy atom. The topological polar surface area (TPSA) is 107 Å². The van der Waals surface area contributed by atoms with Gasteiger partial charge in [0.05, 0.1) is 12.1 Å². The van der Waals surface area contributed by atoms with Crippen LogP contribution in [0.15, 0.2) is 84.9 Å². The van der Waals surface area contributed by atoms with Crippen LogP contribution in [0.3, 0.4) is 0 Å². The summed E-state index contributed by atoms with van der Waals surface area (Å²) in [5, 5.41) is 22.7. The molecular formula is C34H45N3O4. The van der Waals surface area contributed by atoms with Gasteiger partial charge in [-0.1, -0.05) is 78.9 Å².